The number of thiophene rings is 1. The lowest BCUT2D eigenvalue weighted by atomic mass is 10.0. The Hall–Kier alpha value is -0.780. The van der Waals surface area contributed by atoms with E-state index in [1.54, 1.807) is 11.3 Å². The molecule has 1 unspecified atom stereocenters. The zero-order chi connectivity index (χ0) is 14.4. The monoisotopic (exact) mass is 315 g/mol. The Morgan fingerprint density at radius 3 is 2.95 bits per heavy atom. The van der Waals surface area contributed by atoms with Crippen LogP contribution in [0.3, 0.4) is 0 Å². The summed E-state index contributed by atoms with van der Waals surface area (Å²) in [6, 6.07) is 3.92. The fourth-order valence-corrected chi connectivity index (χ4v) is 3.19. The van der Waals surface area contributed by atoms with Gasteiger partial charge in [-0.3, -0.25) is 0 Å². The molecule has 1 atom stereocenters. The molecule has 1 saturated heterocycles. The number of halogens is 1. The van der Waals surface area contributed by atoms with E-state index in [1.807, 2.05) is 12.1 Å². The van der Waals surface area contributed by atoms with E-state index in [2.05, 4.69) is 29.5 Å². The van der Waals surface area contributed by atoms with Crippen LogP contribution in [-0.4, -0.2) is 31.3 Å². The molecule has 0 saturated carbocycles. The molecule has 1 aromatic rings. The molecule has 0 radical (unpaired) electrons. The summed E-state index contributed by atoms with van der Waals surface area (Å²) in [5.74, 6) is 0.828. The van der Waals surface area contributed by atoms with Gasteiger partial charge in [-0.1, -0.05) is 11.6 Å². The van der Waals surface area contributed by atoms with Crippen molar-refractivity contribution < 1.29 is 4.74 Å². The lowest BCUT2D eigenvalue weighted by Crippen LogP contribution is -2.45. The molecular formula is C14H22ClN3OS. The van der Waals surface area contributed by atoms with Gasteiger partial charge in [0.1, 0.15) is 0 Å². The van der Waals surface area contributed by atoms with Crippen molar-refractivity contribution in [2.24, 2.45) is 4.99 Å². The van der Waals surface area contributed by atoms with Crippen LogP contribution < -0.4 is 10.6 Å². The average molecular weight is 316 g/mol. The van der Waals surface area contributed by atoms with Crippen molar-refractivity contribution in [2.45, 2.75) is 38.8 Å². The minimum absolute atomic E-state index is 0.0670. The van der Waals surface area contributed by atoms with Gasteiger partial charge in [0.25, 0.3) is 0 Å². The Bertz CT molecular complexity index is 455. The Morgan fingerprint density at radius 1 is 1.50 bits per heavy atom. The lowest BCUT2D eigenvalue weighted by molar-refractivity contribution is 0.0243. The normalized spacial score (nSPS) is 23.1. The van der Waals surface area contributed by atoms with Crippen LogP contribution in [0.25, 0.3) is 0 Å². The molecule has 0 aliphatic carbocycles. The van der Waals surface area contributed by atoms with Crippen LogP contribution in [0.1, 0.15) is 31.6 Å². The van der Waals surface area contributed by atoms with Gasteiger partial charge in [0.05, 0.1) is 16.5 Å². The van der Waals surface area contributed by atoms with Gasteiger partial charge >= 0.3 is 0 Å². The molecule has 2 heterocycles. The molecule has 2 N–H and O–H groups in total. The van der Waals surface area contributed by atoms with E-state index in [-0.39, 0.29) is 5.60 Å². The number of aliphatic imine (C=N–C) groups is 1. The number of rotatable bonds is 5. The summed E-state index contributed by atoms with van der Waals surface area (Å²) < 4.78 is 6.58. The van der Waals surface area contributed by atoms with Crippen LogP contribution in [0.4, 0.5) is 0 Å². The first-order valence-corrected chi connectivity index (χ1v) is 8.21. The van der Waals surface area contributed by atoms with E-state index in [1.165, 1.54) is 0 Å². The van der Waals surface area contributed by atoms with Gasteiger partial charge in [-0.15, -0.1) is 11.3 Å². The molecule has 1 aliphatic rings. The Morgan fingerprint density at radius 2 is 2.35 bits per heavy atom. The highest BCUT2D eigenvalue weighted by molar-refractivity contribution is 7.16. The van der Waals surface area contributed by atoms with Gasteiger partial charge in [0.15, 0.2) is 5.96 Å². The Balaban J connectivity index is 1.88. The molecule has 20 heavy (non-hydrogen) atoms. The number of hydrogen-bond donors (Lipinski definition) is 2. The highest BCUT2D eigenvalue weighted by atomic mass is 35.5. The van der Waals surface area contributed by atoms with Crippen molar-refractivity contribution in [3.63, 3.8) is 0 Å². The second-order valence-corrected chi connectivity index (χ2v) is 6.96. The van der Waals surface area contributed by atoms with Crippen molar-refractivity contribution in [3.05, 3.63) is 21.3 Å². The third kappa shape index (κ3) is 4.65. The summed E-state index contributed by atoms with van der Waals surface area (Å²) in [6.07, 6.45) is 2.24. The molecule has 4 nitrogen and oxygen atoms in total. The third-order valence-corrected chi connectivity index (χ3v) is 4.51. The van der Waals surface area contributed by atoms with Crippen molar-refractivity contribution >= 4 is 28.9 Å². The minimum atomic E-state index is -0.0670. The van der Waals surface area contributed by atoms with Crippen LogP contribution in [0.15, 0.2) is 17.1 Å². The molecule has 2 rings (SSSR count). The number of nitrogens with one attached hydrogen (secondary N) is 2. The number of nitrogens with zero attached hydrogens (tertiary/aromatic N) is 1. The van der Waals surface area contributed by atoms with Gasteiger partial charge < -0.3 is 15.4 Å². The molecule has 0 spiro atoms. The summed E-state index contributed by atoms with van der Waals surface area (Å²) >= 11 is 7.49. The maximum atomic E-state index is 5.92. The van der Waals surface area contributed by atoms with Crippen LogP contribution in [0, 0.1) is 0 Å². The standard InChI is InChI=1S/C14H22ClN3OS/c1-3-16-13(17-9-11-5-6-12(15)20-11)18-10-14(2)7-4-8-19-14/h5-6H,3-4,7-10H2,1-2H3,(H2,16,17,18). The largest absolute Gasteiger partial charge is 0.373 e. The zero-order valence-corrected chi connectivity index (χ0v) is 13.6. The summed E-state index contributed by atoms with van der Waals surface area (Å²) in [5.41, 5.74) is -0.0670. The predicted octanol–water partition coefficient (Wildman–Crippen LogP) is 3.03. The van der Waals surface area contributed by atoms with Crippen LogP contribution in [0.5, 0.6) is 0 Å². The molecule has 112 valence electrons. The number of ether oxygens (including phenoxy) is 1. The maximum absolute atomic E-state index is 5.92. The van der Waals surface area contributed by atoms with Crippen LogP contribution in [-0.2, 0) is 11.3 Å². The fraction of sp³-hybridized carbons (Fsp3) is 0.643. The van der Waals surface area contributed by atoms with E-state index < -0.39 is 0 Å². The van der Waals surface area contributed by atoms with Gasteiger partial charge in [-0.05, 0) is 38.8 Å². The van der Waals surface area contributed by atoms with E-state index in [9.17, 15) is 0 Å². The molecule has 0 aromatic carbocycles. The molecule has 0 bridgehead atoms. The first-order valence-electron chi connectivity index (χ1n) is 7.02. The molecule has 1 fully saturated rings. The second kappa shape index (κ2) is 7.29. The Labute approximate surface area is 129 Å². The van der Waals surface area contributed by atoms with Crippen molar-refractivity contribution in [1.82, 2.24) is 10.6 Å². The quantitative estimate of drug-likeness (QED) is 0.648. The van der Waals surface area contributed by atoms with Gasteiger partial charge in [-0.25, -0.2) is 4.99 Å². The van der Waals surface area contributed by atoms with Crippen LogP contribution >= 0.6 is 22.9 Å². The third-order valence-electron chi connectivity index (χ3n) is 3.30. The smallest absolute Gasteiger partial charge is 0.191 e. The molecule has 1 aromatic heterocycles. The predicted molar refractivity (Wildman–Crippen MR) is 85.7 cm³/mol. The molecule has 0 amide bonds. The zero-order valence-electron chi connectivity index (χ0n) is 12.0. The molecule has 6 heteroatoms. The van der Waals surface area contributed by atoms with Crippen molar-refractivity contribution in [3.8, 4) is 0 Å². The minimum Gasteiger partial charge on any atom is -0.373 e. The SMILES string of the molecule is CCNC(=NCc1ccc(Cl)s1)NCC1(C)CCCO1. The second-order valence-electron chi connectivity index (χ2n) is 5.16. The molecule has 1 aliphatic heterocycles. The van der Waals surface area contributed by atoms with E-state index in [0.29, 0.717) is 6.54 Å². The van der Waals surface area contributed by atoms with Gasteiger partial charge in [-0.2, -0.15) is 0 Å². The van der Waals surface area contributed by atoms with E-state index in [4.69, 9.17) is 16.3 Å². The topological polar surface area (TPSA) is 45.7 Å². The maximum Gasteiger partial charge on any atom is 0.191 e. The number of hydrogen-bond acceptors (Lipinski definition) is 3. The van der Waals surface area contributed by atoms with E-state index >= 15 is 0 Å². The fourth-order valence-electron chi connectivity index (χ4n) is 2.18. The first-order chi connectivity index (χ1) is 9.61. The summed E-state index contributed by atoms with van der Waals surface area (Å²) in [6.45, 7) is 7.34. The van der Waals surface area contributed by atoms with Gasteiger partial charge in [0, 0.05) is 24.6 Å². The summed E-state index contributed by atoms with van der Waals surface area (Å²) in [4.78, 5) is 5.74. The summed E-state index contributed by atoms with van der Waals surface area (Å²) in [7, 11) is 0. The van der Waals surface area contributed by atoms with Crippen molar-refractivity contribution in [2.75, 3.05) is 19.7 Å². The Kier molecular flexibility index (Phi) is 5.69. The molecular weight excluding hydrogens is 294 g/mol. The average Bonchev–Trinajstić information content (AvgIpc) is 3.03. The number of guanidine groups is 1. The lowest BCUT2D eigenvalue weighted by Gasteiger charge is -2.24. The summed E-state index contributed by atoms with van der Waals surface area (Å²) in [5, 5.41) is 6.62. The highest BCUT2D eigenvalue weighted by Crippen LogP contribution is 2.24. The van der Waals surface area contributed by atoms with Crippen molar-refractivity contribution in [1.29, 1.82) is 0 Å². The van der Waals surface area contributed by atoms with Crippen LogP contribution in [0.2, 0.25) is 4.34 Å². The van der Waals surface area contributed by atoms with E-state index in [0.717, 1.165) is 47.7 Å². The highest BCUT2D eigenvalue weighted by Gasteiger charge is 2.29. The first kappa shape index (κ1) is 15.6. The van der Waals surface area contributed by atoms with Gasteiger partial charge in [0.2, 0.25) is 0 Å².